The van der Waals surface area contributed by atoms with Crippen LogP contribution in [0.2, 0.25) is 0 Å². The minimum Gasteiger partial charge on any atom is -0.254 e. The van der Waals surface area contributed by atoms with Crippen molar-refractivity contribution in [2.45, 2.75) is 0 Å². The van der Waals surface area contributed by atoms with Gasteiger partial charge in [-0.2, -0.15) is 5.10 Å². The molecular weight excluding hydrogens is 310 g/mol. The van der Waals surface area contributed by atoms with Crippen LogP contribution in [0.15, 0.2) is 79.3 Å². The maximum Gasteiger partial charge on any atom is 0.154 e. The molecule has 0 saturated carbocycles. The maximum absolute atomic E-state index is 4.84. The van der Waals surface area contributed by atoms with Gasteiger partial charge in [-0.25, -0.2) is 14.6 Å². The van der Waals surface area contributed by atoms with Crippen LogP contribution in [-0.2, 0) is 0 Å². The van der Waals surface area contributed by atoms with Crippen LogP contribution in [0.1, 0.15) is 0 Å². The normalized spacial score (nSPS) is 11.2. The van der Waals surface area contributed by atoms with Gasteiger partial charge in [-0.1, -0.05) is 30.3 Å². The SMILES string of the molecule is c1cc(-c2ccc3ccc4cccnc4c3n2)nc(-n2cccn2)c1. The molecule has 1 aromatic carbocycles. The summed E-state index contributed by atoms with van der Waals surface area (Å²) in [6, 6.07) is 19.9. The van der Waals surface area contributed by atoms with E-state index in [-0.39, 0.29) is 0 Å². The Hall–Kier alpha value is -3.60. The van der Waals surface area contributed by atoms with Gasteiger partial charge in [0.05, 0.1) is 22.4 Å². The van der Waals surface area contributed by atoms with E-state index in [1.54, 1.807) is 17.1 Å². The molecule has 5 aromatic rings. The van der Waals surface area contributed by atoms with E-state index >= 15 is 0 Å². The van der Waals surface area contributed by atoms with Crippen LogP contribution in [0.4, 0.5) is 0 Å². The molecule has 0 amide bonds. The minimum absolute atomic E-state index is 0.764. The van der Waals surface area contributed by atoms with Crippen molar-refractivity contribution in [3.8, 4) is 17.2 Å². The van der Waals surface area contributed by atoms with Gasteiger partial charge in [0.25, 0.3) is 0 Å². The third kappa shape index (κ3) is 2.33. The van der Waals surface area contributed by atoms with Crippen LogP contribution in [0.3, 0.4) is 0 Å². The highest BCUT2D eigenvalue weighted by Gasteiger charge is 2.08. The molecule has 0 unspecified atom stereocenters. The molecule has 5 rings (SSSR count). The molecule has 0 aliphatic rings. The lowest BCUT2D eigenvalue weighted by Gasteiger charge is -2.07. The molecule has 25 heavy (non-hydrogen) atoms. The summed E-state index contributed by atoms with van der Waals surface area (Å²) in [4.78, 5) is 14.0. The second-order valence-corrected chi connectivity index (χ2v) is 5.74. The molecule has 0 bridgehead atoms. The molecule has 0 saturated heterocycles. The fraction of sp³-hybridized carbons (Fsp3) is 0. The lowest BCUT2D eigenvalue weighted by molar-refractivity contribution is 0.848. The van der Waals surface area contributed by atoms with E-state index in [1.807, 2.05) is 48.7 Å². The van der Waals surface area contributed by atoms with E-state index in [9.17, 15) is 0 Å². The summed E-state index contributed by atoms with van der Waals surface area (Å²) in [7, 11) is 0. The van der Waals surface area contributed by atoms with Gasteiger partial charge in [0.15, 0.2) is 5.82 Å². The standard InChI is InChI=1S/C20H13N5/c1-5-16(23-18(6-1)25-13-3-12-22-25)17-10-9-15-8-7-14-4-2-11-21-19(14)20(15)24-17/h1-13H. The van der Waals surface area contributed by atoms with Crippen molar-refractivity contribution in [3.05, 3.63) is 79.3 Å². The highest BCUT2D eigenvalue weighted by molar-refractivity contribution is 6.03. The Labute approximate surface area is 143 Å². The Bertz CT molecular complexity index is 1200. The minimum atomic E-state index is 0.764. The van der Waals surface area contributed by atoms with Crippen LogP contribution in [0.25, 0.3) is 39.0 Å². The smallest absolute Gasteiger partial charge is 0.154 e. The van der Waals surface area contributed by atoms with E-state index in [2.05, 4.69) is 33.3 Å². The maximum atomic E-state index is 4.84. The number of benzene rings is 1. The fourth-order valence-corrected chi connectivity index (χ4v) is 2.96. The van der Waals surface area contributed by atoms with Gasteiger partial charge >= 0.3 is 0 Å². The number of pyridine rings is 3. The first kappa shape index (κ1) is 13.8. The molecule has 0 fully saturated rings. The van der Waals surface area contributed by atoms with Crippen LogP contribution in [-0.4, -0.2) is 24.7 Å². The molecule has 4 aromatic heterocycles. The van der Waals surface area contributed by atoms with Gasteiger partial charge in [0, 0.05) is 29.4 Å². The lowest BCUT2D eigenvalue weighted by Crippen LogP contribution is -1.99. The average Bonchev–Trinajstić information content (AvgIpc) is 3.22. The number of fused-ring (bicyclic) bond motifs is 3. The summed E-state index contributed by atoms with van der Waals surface area (Å²) in [6.45, 7) is 0. The molecule has 118 valence electrons. The van der Waals surface area contributed by atoms with E-state index in [4.69, 9.17) is 4.98 Å². The first-order valence-electron chi connectivity index (χ1n) is 8.00. The summed E-state index contributed by atoms with van der Waals surface area (Å²) >= 11 is 0. The number of hydrogen-bond donors (Lipinski definition) is 0. The Balaban J connectivity index is 1.71. The molecule has 0 spiro atoms. The lowest BCUT2D eigenvalue weighted by atomic mass is 10.1. The molecule has 5 heteroatoms. The summed E-state index contributed by atoms with van der Waals surface area (Å²) < 4.78 is 1.74. The summed E-state index contributed by atoms with van der Waals surface area (Å²) in [5.41, 5.74) is 3.43. The highest BCUT2D eigenvalue weighted by atomic mass is 15.3. The summed E-state index contributed by atoms with van der Waals surface area (Å²) in [5, 5.41) is 6.39. The number of nitrogens with zero attached hydrogens (tertiary/aromatic N) is 5. The van der Waals surface area contributed by atoms with Crippen LogP contribution >= 0.6 is 0 Å². The van der Waals surface area contributed by atoms with Crippen molar-refractivity contribution in [1.82, 2.24) is 24.7 Å². The Kier molecular flexibility index (Phi) is 3.03. The Morgan fingerprint density at radius 3 is 2.36 bits per heavy atom. The van der Waals surface area contributed by atoms with Gasteiger partial charge in [0.2, 0.25) is 0 Å². The average molecular weight is 323 g/mol. The van der Waals surface area contributed by atoms with Gasteiger partial charge in [-0.15, -0.1) is 0 Å². The zero-order chi connectivity index (χ0) is 16.6. The third-order valence-corrected chi connectivity index (χ3v) is 4.17. The van der Waals surface area contributed by atoms with E-state index < -0.39 is 0 Å². The Morgan fingerprint density at radius 2 is 1.48 bits per heavy atom. The molecule has 0 aliphatic heterocycles. The van der Waals surface area contributed by atoms with Crippen molar-refractivity contribution >= 4 is 21.8 Å². The predicted octanol–water partition coefficient (Wildman–Crippen LogP) is 4.03. The first-order chi connectivity index (χ1) is 12.4. The molecular formula is C20H13N5. The molecule has 4 heterocycles. The van der Waals surface area contributed by atoms with E-state index in [1.165, 1.54) is 0 Å². The van der Waals surface area contributed by atoms with Crippen molar-refractivity contribution < 1.29 is 0 Å². The zero-order valence-corrected chi connectivity index (χ0v) is 13.2. The van der Waals surface area contributed by atoms with Crippen LogP contribution in [0, 0.1) is 0 Å². The zero-order valence-electron chi connectivity index (χ0n) is 13.2. The monoisotopic (exact) mass is 323 g/mol. The predicted molar refractivity (Wildman–Crippen MR) is 97.4 cm³/mol. The van der Waals surface area contributed by atoms with Gasteiger partial charge in [-0.05, 0) is 30.3 Å². The second kappa shape index (κ2) is 5.49. The Morgan fingerprint density at radius 1 is 0.640 bits per heavy atom. The second-order valence-electron chi connectivity index (χ2n) is 5.74. The number of aromatic nitrogens is 5. The molecule has 5 nitrogen and oxygen atoms in total. The van der Waals surface area contributed by atoms with Crippen molar-refractivity contribution in [1.29, 1.82) is 0 Å². The molecule has 0 atom stereocenters. The molecule has 0 radical (unpaired) electrons. The molecule has 0 aliphatic carbocycles. The highest BCUT2D eigenvalue weighted by Crippen LogP contribution is 2.25. The van der Waals surface area contributed by atoms with E-state index in [0.717, 1.165) is 39.0 Å². The van der Waals surface area contributed by atoms with Crippen molar-refractivity contribution in [2.75, 3.05) is 0 Å². The first-order valence-corrected chi connectivity index (χ1v) is 8.00. The van der Waals surface area contributed by atoms with E-state index in [0.29, 0.717) is 0 Å². The van der Waals surface area contributed by atoms with Crippen molar-refractivity contribution in [3.63, 3.8) is 0 Å². The number of hydrogen-bond acceptors (Lipinski definition) is 4. The van der Waals surface area contributed by atoms with Gasteiger partial charge in [-0.3, -0.25) is 4.98 Å². The number of rotatable bonds is 2. The van der Waals surface area contributed by atoms with Crippen molar-refractivity contribution in [2.24, 2.45) is 0 Å². The van der Waals surface area contributed by atoms with Gasteiger partial charge in [0.1, 0.15) is 0 Å². The van der Waals surface area contributed by atoms with Crippen LogP contribution in [0.5, 0.6) is 0 Å². The third-order valence-electron chi connectivity index (χ3n) is 4.17. The van der Waals surface area contributed by atoms with Gasteiger partial charge < -0.3 is 0 Å². The summed E-state index contributed by atoms with van der Waals surface area (Å²) in [6.07, 6.45) is 5.41. The fourth-order valence-electron chi connectivity index (χ4n) is 2.96. The summed E-state index contributed by atoms with van der Waals surface area (Å²) in [5.74, 6) is 0.764. The molecule has 0 N–H and O–H groups in total. The van der Waals surface area contributed by atoms with Crippen LogP contribution < -0.4 is 0 Å². The largest absolute Gasteiger partial charge is 0.254 e. The topological polar surface area (TPSA) is 56.5 Å². The quantitative estimate of drug-likeness (QED) is 0.460.